The molecule has 5 nitrogen and oxygen atoms in total. The Morgan fingerprint density at radius 2 is 1.73 bits per heavy atom. The summed E-state index contributed by atoms with van der Waals surface area (Å²) in [6.07, 6.45) is 0.752. The molecule has 0 bridgehead atoms. The van der Waals surface area contributed by atoms with Gasteiger partial charge in [0.15, 0.2) is 6.61 Å². The summed E-state index contributed by atoms with van der Waals surface area (Å²) < 4.78 is 10.6. The summed E-state index contributed by atoms with van der Waals surface area (Å²) in [4.78, 5) is 23.6. The third kappa shape index (κ3) is 6.97. The van der Waals surface area contributed by atoms with Crippen LogP contribution in [0.4, 0.5) is 0 Å². The van der Waals surface area contributed by atoms with Crippen LogP contribution in [-0.2, 0) is 14.3 Å². The molecular weight excluding hydrogens is 330 g/mol. The van der Waals surface area contributed by atoms with E-state index in [1.807, 2.05) is 68.4 Å². The molecule has 0 aliphatic carbocycles. The third-order valence-electron chi connectivity index (χ3n) is 3.86. The van der Waals surface area contributed by atoms with Gasteiger partial charge in [-0.3, -0.25) is 9.59 Å². The third-order valence-corrected chi connectivity index (χ3v) is 3.86. The highest BCUT2D eigenvalue weighted by Crippen LogP contribution is 2.12. The van der Waals surface area contributed by atoms with Crippen LogP contribution in [0.1, 0.15) is 36.9 Å². The van der Waals surface area contributed by atoms with Gasteiger partial charge in [-0.2, -0.15) is 0 Å². The lowest BCUT2D eigenvalue weighted by Crippen LogP contribution is -2.31. The lowest BCUT2D eigenvalue weighted by atomic mass is 10.1. The van der Waals surface area contributed by atoms with E-state index in [2.05, 4.69) is 5.32 Å². The Labute approximate surface area is 154 Å². The van der Waals surface area contributed by atoms with Crippen LogP contribution < -0.4 is 10.1 Å². The molecule has 138 valence electrons. The molecule has 0 aliphatic rings. The molecule has 0 unspecified atom stereocenters. The van der Waals surface area contributed by atoms with Crippen LogP contribution in [-0.4, -0.2) is 25.1 Å². The van der Waals surface area contributed by atoms with Gasteiger partial charge in [0.25, 0.3) is 5.91 Å². The van der Waals surface area contributed by atoms with Crippen LogP contribution in [0.15, 0.2) is 54.6 Å². The SMILES string of the molecule is Cc1ccc(OCCCC(=O)OCC(=O)N[C@@H](C)c2ccccc2)cc1. The first-order valence-electron chi connectivity index (χ1n) is 8.74. The van der Waals surface area contributed by atoms with Gasteiger partial charge in [-0.15, -0.1) is 0 Å². The quantitative estimate of drug-likeness (QED) is 0.552. The number of aryl methyl sites for hydroxylation is 1. The van der Waals surface area contributed by atoms with Crippen molar-refractivity contribution in [3.8, 4) is 5.75 Å². The number of esters is 1. The first kappa shape index (κ1) is 19.5. The van der Waals surface area contributed by atoms with Crippen molar-refractivity contribution in [3.63, 3.8) is 0 Å². The summed E-state index contributed by atoms with van der Waals surface area (Å²) in [6, 6.07) is 17.2. The fourth-order valence-electron chi connectivity index (χ4n) is 2.37. The Kier molecular flexibility index (Phi) is 7.68. The molecule has 1 amide bonds. The van der Waals surface area contributed by atoms with Gasteiger partial charge in [-0.25, -0.2) is 0 Å². The van der Waals surface area contributed by atoms with Crippen molar-refractivity contribution in [1.82, 2.24) is 5.32 Å². The van der Waals surface area contributed by atoms with Crippen molar-refractivity contribution >= 4 is 11.9 Å². The van der Waals surface area contributed by atoms with Crippen molar-refractivity contribution in [2.45, 2.75) is 32.7 Å². The van der Waals surface area contributed by atoms with Gasteiger partial charge >= 0.3 is 5.97 Å². The van der Waals surface area contributed by atoms with E-state index >= 15 is 0 Å². The van der Waals surface area contributed by atoms with Gasteiger partial charge in [0.1, 0.15) is 5.75 Å². The van der Waals surface area contributed by atoms with Gasteiger partial charge in [-0.05, 0) is 38.0 Å². The molecule has 0 fully saturated rings. The molecule has 0 saturated carbocycles. The van der Waals surface area contributed by atoms with Crippen molar-refractivity contribution in [1.29, 1.82) is 0 Å². The van der Waals surface area contributed by atoms with E-state index in [0.29, 0.717) is 13.0 Å². The van der Waals surface area contributed by atoms with E-state index < -0.39 is 5.97 Å². The van der Waals surface area contributed by atoms with Gasteiger partial charge in [0.2, 0.25) is 0 Å². The molecule has 1 N–H and O–H groups in total. The molecule has 0 heterocycles. The first-order chi connectivity index (χ1) is 12.5. The highest BCUT2D eigenvalue weighted by atomic mass is 16.5. The Bertz CT molecular complexity index is 698. The zero-order valence-corrected chi connectivity index (χ0v) is 15.2. The largest absolute Gasteiger partial charge is 0.494 e. The number of rotatable bonds is 9. The highest BCUT2D eigenvalue weighted by molar-refractivity contribution is 5.80. The van der Waals surface area contributed by atoms with Gasteiger partial charge in [0.05, 0.1) is 12.6 Å². The van der Waals surface area contributed by atoms with Crippen molar-refractivity contribution in [3.05, 3.63) is 65.7 Å². The molecule has 0 spiro atoms. The van der Waals surface area contributed by atoms with Crippen LogP contribution in [0.3, 0.4) is 0 Å². The second-order valence-electron chi connectivity index (χ2n) is 6.13. The number of hydrogen-bond acceptors (Lipinski definition) is 4. The summed E-state index contributed by atoms with van der Waals surface area (Å²) in [6.45, 7) is 4.05. The van der Waals surface area contributed by atoms with E-state index in [4.69, 9.17) is 9.47 Å². The van der Waals surface area contributed by atoms with Crippen molar-refractivity contribution in [2.75, 3.05) is 13.2 Å². The molecule has 26 heavy (non-hydrogen) atoms. The average Bonchev–Trinajstić information content (AvgIpc) is 2.65. The molecule has 0 aromatic heterocycles. The van der Waals surface area contributed by atoms with E-state index in [-0.39, 0.29) is 25.0 Å². The monoisotopic (exact) mass is 355 g/mol. The predicted molar refractivity (Wildman–Crippen MR) is 99.9 cm³/mol. The van der Waals surface area contributed by atoms with E-state index in [1.165, 1.54) is 5.56 Å². The van der Waals surface area contributed by atoms with E-state index in [0.717, 1.165) is 11.3 Å². The molecule has 1 atom stereocenters. The summed E-state index contributed by atoms with van der Waals surface area (Å²) in [5.41, 5.74) is 2.17. The van der Waals surface area contributed by atoms with Crippen LogP contribution >= 0.6 is 0 Å². The highest BCUT2D eigenvalue weighted by Gasteiger charge is 2.11. The molecular formula is C21H25NO4. The minimum Gasteiger partial charge on any atom is -0.494 e. The fourth-order valence-corrected chi connectivity index (χ4v) is 2.37. The molecule has 0 radical (unpaired) electrons. The number of ether oxygens (including phenoxy) is 2. The number of carbonyl (C=O) groups excluding carboxylic acids is 2. The molecule has 2 aromatic carbocycles. The van der Waals surface area contributed by atoms with E-state index in [1.54, 1.807) is 0 Å². The Morgan fingerprint density at radius 1 is 1.04 bits per heavy atom. The molecule has 2 aromatic rings. The van der Waals surface area contributed by atoms with Gasteiger partial charge in [0, 0.05) is 6.42 Å². The van der Waals surface area contributed by atoms with Crippen LogP contribution in [0.25, 0.3) is 0 Å². The van der Waals surface area contributed by atoms with Crippen molar-refractivity contribution in [2.24, 2.45) is 0 Å². The number of hydrogen-bond donors (Lipinski definition) is 1. The second-order valence-corrected chi connectivity index (χ2v) is 6.13. The number of carbonyl (C=O) groups is 2. The first-order valence-corrected chi connectivity index (χ1v) is 8.74. The maximum atomic E-state index is 11.9. The summed E-state index contributed by atoms with van der Waals surface area (Å²) in [5.74, 6) is 0.0591. The van der Waals surface area contributed by atoms with Crippen molar-refractivity contribution < 1.29 is 19.1 Å². The Balaban J connectivity index is 1.59. The van der Waals surface area contributed by atoms with E-state index in [9.17, 15) is 9.59 Å². The van der Waals surface area contributed by atoms with Crippen LogP contribution in [0.2, 0.25) is 0 Å². The topological polar surface area (TPSA) is 64.6 Å². The Hall–Kier alpha value is -2.82. The minimum absolute atomic E-state index is 0.134. The molecule has 0 saturated heterocycles. The maximum Gasteiger partial charge on any atom is 0.306 e. The summed E-state index contributed by atoms with van der Waals surface area (Å²) in [7, 11) is 0. The number of benzene rings is 2. The number of amides is 1. The van der Waals surface area contributed by atoms with Gasteiger partial charge in [-0.1, -0.05) is 48.0 Å². The number of nitrogens with one attached hydrogen (secondary N) is 1. The van der Waals surface area contributed by atoms with Crippen LogP contribution in [0.5, 0.6) is 5.75 Å². The average molecular weight is 355 g/mol. The van der Waals surface area contributed by atoms with Crippen LogP contribution in [0, 0.1) is 6.92 Å². The summed E-state index contributed by atoms with van der Waals surface area (Å²) >= 11 is 0. The summed E-state index contributed by atoms with van der Waals surface area (Å²) in [5, 5.41) is 2.80. The fraction of sp³-hybridized carbons (Fsp3) is 0.333. The molecule has 5 heteroatoms. The second kappa shape index (κ2) is 10.2. The Morgan fingerprint density at radius 3 is 2.42 bits per heavy atom. The lowest BCUT2D eigenvalue weighted by Gasteiger charge is -2.14. The molecule has 2 rings (SSSR count). The van der Waals surface area contributed by atoms with Gasteiger partial charge < -0.3 is 14.8 Å². The lowest BCUT2D eigenvalue weighted by molar-refractivity contribution is -0.148. The zero-order valence-electron chi connectivity index (χ0n) is 15.2. The maximum absolute atomic E-state index is 11.9. The molecule has 0 aliphatic heterocycles. The predicted octanol–water partition coefficient (Wildman–Crippen LogP) is 3.57. The smallest absolute Gasteiger partial charge is 0.306 e. The standard InChI is InChI=1S/C21H25NO4/c1-16-10-12-19(13-11-16)25-14-6-9-21(24)26-15-20(23)22-17(2)18-7-4-3-5-8-18/h3-5,7-8,10-13,17H,6,9,14-15H2,1-2H3,(H,22,23)/t17-/m0/s1. The normalized spacial score (nSPS) is 11.5. The minimum atomic E-state index is -0.403. The zero-order chi connectivity index (χ0) is 18.8.